The van der Waals surface area contributed by atoms with E-state index in [1.165, 1.54) is 22.3 Å². The Labute approximate surface area is 217 Å². The summed E-state index contributed by atoms with van der Waals surface area (Å²) < 4.78 is 0. The zero-order valence-corrected chi connectivity index (χ0v) is 22.1. The Bertz CT molecular complexity index is 1650. The average Bonchev–Trinajstić information content (AvgIpc) is 3.58. The summed E-state index contributed by atoms with van der Waals surface area (Å²) in [7, 11) is 0. The standard InChI is InChI=1S/C31H29N5O/c1-7-19-17(5)25-14-28-20(8-2)16(4)24(33-28)13-26-18(6)21-9-10-22(36-37)30(31(21)35-26)29-11-15(3)23(32-29)12-27(19)34-25/h9-14,37H,7-8H2,1-6H3. The molecule has 0 spiro atoms. The van der Waals surface area contributed by atoms with Gasteiger partial charge in [-0.3, -0.25) is 0 Å². The van der Waals surface area contributed by atoms with Crippen LogP contribution in [0.25, 0.3) is 0 Å². The molecule has 1 N–H and O–H groups in total. The molecule has 0 atom stereocenters. The maximum absolute atomic E-state index is 9.87. The van der Waals surface area contributed by atoms with E-state index in [-0.39, 0.29) is 0 Å². The highest BCUT2D eigenvalue weighted by atomic mass is 16.4. The van der Waals surface area contributed by atoms with E-state index in [4.69, 9.17) is 20.0 Å². The van der Waals surface area contributed by atoms with Crippen molar-refractivity contribution < 1.29 is 5.21 Å². The third kappa shape index (κ3) is 3.43. The highest BCUT2D eigenvalue weighted by Crippen LogP contribution is 2.38. The molecule has 0 radical (unpaired) electrons. The van der Waals surface area contributed by atoms with Crippen molar-refractivity contribution in [3.05, 3.63) is 104 Å². The second-order valence-electron chi connectivity index (χ2n) is 9.90. The molecule has 184 valence electrons. The zero-order valence-electron chi connectivity index (χ0n) is 22.1. The van der Waals surface area contributed by atoms with Crippen LogP contribution in [0.3, 0.4) is 0 Å². The fourth-order valence-corrected chi connectivity index (χ4v) is 5.68. The normalized spacial score (nSPS) is 23.5. The lowest BCUT2D eigenvalue weighted by Crippen LogP contribution is -2.15. The molecule has 0 aromatic carbocycles. The molecule has 5 aliphatic heterocycles. The minimum atomic E-state index is 0.452. The van der Waals surface area contributed by atoms with E-state index >= 15 is 0 Å². The Balaban J connectivity index is 1.68. The van der Waals surface area contributed by atoms with E-state index in [0.717, 1.165) is 80.8 Å². The van der Waals surface area contributed by atoms with Gasteiger partial charge in [0.2, 0.25) is 0 Å². The van der Waals surface area contributed by atoms with Gasteiger partial charge < -0.3 is 5.21 Å². The van der Waals surface area contributed by atoms with Gasteiger partial charge in [0.1, 0.15) is 5.71 Å². The first-order chi connectivity index (χ1) is 17.8. The van der Waals surface area contributed by atoms with Crippen molar-refractivity contribution in [1.82, 2.24) is 0 Å². The van der Waals surface area contributed by atoms with Crippen LogP contribution in [-0.2, 0) is 0 Å². The number of allylic oxidation sites excluding steroid dienone is 13. The molecule has 0 unspecified atom stereocenters. The van der Waals surface area contributed by atoms with E-state index in [9.17, 15) is 5.21 Å². The Morgan fingerprint density at radius 2 is 1.22 bits per heavy atom. The second-order valence-corrected chi connectivity index (χ2v) is 9.90. The van der Waals surface area contributed by atoms with Crippen molar-refractivity contribution in [2.75, 3.05) is 0 Å². The van der Waals surface area contributed by atoms with E-state index in [1.807, 2.05) is 18.2 Å². The van der Waals surface area contributed by atoms with Crippen LogP contribution in [-0.4, -0.2) is 33.8 Å². The van der Waals surface area contributed by atoms with Gasteiger partial charge in [0, 0.05) is 5.57 Å². The largest absolute Gasteiger partial charge is 0.410 e. The average molecular weight is 488 g/mol. The maximum atomic E-state index is 9.87. The molecule has 0 fully saturated rings. The summed E-state index contributed by atoms with van der Waals surface area (Å²) in [6.07, 6.45) is 13.9. The Morgan fingerprint density at radius 1 is 0.649 bits per heavy atom. The van der Waals surface area contributed by atoms with Gasteiger partial charge in [-0.1, -0.05) is 25.1 Å². The minimum Gasteiger partial charge on any atom is -0.410 e. The Hall–Kier alpha value is -4.19. The smallest absolute Gasteiger partial charge is 0.114 e. The minimum absolute atomic E-state index is 0.452. The molecular weight excluding hydrogens is 458 g/mol. The third-order valence-corrected chi connectivity index (χ3v) is 7.84. The van der Waals surface area contributed by atoms with Crippen molar-refractivity contribution in [3.63, 3.8) is 0 Å². The van der Waals surface area contributed by atoms with Crippen LogP contribution < -0.4 is 0 Å². The number of aliphatic imine (C=N–C) groups is 4. The maximum Gasteiger partial charge on any atom is 0.114 e. The molecule has 8 bridgehead atoms. The van der Waals surface area contributed by atoms with Crippen LogP contribution in [0.1, 0.15) is 54.4 Å². The van der Waals surface area contributed by atoms with Gasteiger partial charge in [0.25, 0.3) is 0 Å². The molecule has 6 heteroatoms. The lowest BCUT2D eigenvalue weighted by Gasteiger charge is -2.14. The van der Waals surface area contributed by atoms with Crippen LogP contribution >= 0.6 is 0 Å². The van der Waals surface area contributed by atoms with Gasteiger partial charge >= 0.3 is 0 Å². The van der Waals surface area contributed by atoms with E-state index in [1.54, 1.807) is 0 Å². The zero-order chi connectivity index (χ0) is 26.0. The summed E-state index contributed by atoms with van der Waals surface area (Å²) in [5.74, 6) is 0. The van der Waals surface area contributed by atoms with Crippen molar-refractivity contribution >= 4 is 28.6 Å². The summed E-state index contributed by atoms with van der Waals surface area (Å²) in [4.78, 5) is 20.1. The molecule has 0 amide bonds. The molecule has 5 heterocycles. The number of oxime groups is 1. The van der Waals surface area contributed by atoms with Gasteiger partial charge in [-0.2, -0.15) is 0 Å². The lowest BCUT2D eigenvalue weighted by atomic mass is 9.91. The predicted octanol–water partition coefficient (Wildman–Crippen LogP) is 6.84. The first-order valence-corrected chi connectivity index (χ1v) is 12.8. The van der Waals surface area contributed by atoms with Crippen molar-refractivity contribution in [1.29, 1.82) is 0 Å². The monoisotopic (exact) mass is 487 g/mol. The third-order valence-electron chi connectivity index (χ3n) is 7.84. The molecule has 6 aliphatic rings. The fourth-order valence-electron chi connectivity index (χ4n) is 5.68. The topological polar surface area (TPSA) is 82.0 Å². The van der Waals surface area contributed by atoms with Crippen LogP contribution in [0.4, 0.5) is 0 Å². The highest BCUT2D eigenvalue weighted by Gasteiger charge is 2.31. The van der Waals surface area contributed by atoms with Gasteiger partial charge in [-0.15, -0.1) is 0 Å². The number of nitrogens with zero attached hydrogens (tertiary/aromatic N) is 5. The Kier molecular flexibility index (Phi) is 5.30. The number of hydrogen-bond acceptors (Lipinski definition) is 6. The molecule has 6 rings (SSSR count). The fraction of sp³-hybridized carbons (Fsp3) is 0.258. The SMILES string of the molecule is CCC1=C(C)C2=CC3=NC(=CC4=NC5=C(C(=NO)C=CC5=C4C)C4=NC(=CC1=N2)C(C)=C4)C(C)=C3CC. The van der Waals surface area contributed by atoms with Crippen LogP contribution in [0.15, 0.2) is 129 Å². The number of rotatable bonds is 2. The predicted molar refractivity (Wildman–Crippen MR) is 152 cm³/mol. The van der Waals surface area contributed by atoms with Crippen LogP contribution in [0, 0.1) is 0 Å². The first-order valence-electron chi connectivity index (χ1n) is 12.8. The van der Waals surface area contributed by atoms with E-state index in [0.29, 0.717) is 5.71 Å². The molecular formula is C31H29N5O. The molecule has 37 heavy (non-hydrogen) atoms. The summed E-state index contributed by atoms with van der Waals surface area (Å²) in [5.41, 5.74) is 16.1. The van der Waals surface area contributed by atoms with E-state index < -0.39 is 0 Å². The lowest BCUT2D eigenvalue weighted by molar-refractivity contribution is 0.320. The van der Waals surface area contributed by atoms with Crippen LogP contribution in [0.2, 0.25) is 0 Å². The van der Waals surface area contributed by atoms with Crippen LogP contribution in [0.5, 0.6) is 0 Å². The van der Waals surface area contributed by atoms with Crippen molar-refractivity contribution in [2.45, 2.75) is 54.4 Å². The van der Waals surface area contributed by atoms with E-state index in [2.05, 4.69) is 64.9 Å². The molecule has 6 nitrogen and oxygen atoms in total. The highest BCUT2D eigenvalue weighted by molar-refractivity contribution is 6.35. The van der Waals surface area contributed by atoms with Crippen molar-refractivity contribution in [3.8, 4) is 0 Å². The Morgan fingerprint density at radius 3 is 1.81 bits per heavy atom. The van der Waals surface area contributed by atoms with Crippen molar-refractivity contribution in [2.24, 2.45) is 25.1 Å². The number of fused-ring (bicyclic) bond motifs is 4. The quantitative estimate of drug-likeness (QED) is 0.336. The summed E-state index contributed by atoms with van der Waals surface area (Å²) in [6.45, 7) is 12.7. The molecule has 0 aromatic heterocycles. The molecule has 1 aliphatic carbocycles. The number of hydrogen-bond donors (Lipinski definition) is 1. The molecule has 0 aromatic rings. The summed E-state index contributed by atoms with van der Waals surface area (Å²) in [6, 6.07) is 0. The van der Waals surface area contributed by atoms with Gasteiger partial charge in [-0.25, -0.2) is 20.0 Å². The van der Waals surface area contributed by atoms with Gasteiger partial charge in [0.15, 0.2) is 0 Å². The molecule has 0 saturated carbocycles. The van der Waals surface area contributed by atoms with Gasteiger partial charge in [-0.05, 0) is 104 Å². The molecule has 0 saturated heterocycles. The second kappa shape index (κ2) is 8.44. The first kappa shape index (κ1) is 23.2. The summed E-state index contributed by atoms with van der Waals surface area (Å²) in [5, 5.41) is 13.5. The summed E-state index contributed by atoms with van der Waals surface area (Å²) >= 11 is 0. The van der Waals surface area contributed by atoms with Gasteiger partial charge in [0.05, 0.1) is 51.2 Å².